The first kappa shape index (κ1) is 11.9. The molecule has 0 aromatic carbocycles. The molecule has 0 radical (unpaired) electrons. The number of allylic oxidation sites excluding steroid dienone is 3. The fourth-order valence-corrected chi connectivity index (χ4v) is 0.282. The van der Waals surface area contributed by atoms with Crippen LogP contribution < -0.4 is 0 Å². The summed E-state index contributed by atoms with van der Waals surface area (Å²) >= 11 is 0. The molecule has 0 aromatic heterocycles. The maximum atomic E-state index is 3.91. The molecule has 0 spiro atoms. The van der Waals surface area contributed by atoms with Crippen LogP contribution in [-0.2, 0) is 0 Å². The Bertz CT molecular complexity index is 121. The third-order valence-corrected chi connectivity index (χ3v) is 0.826. The largest absolute Gasteiger partial charge is 0.293 e. The number of hydrogen-bond donors (Lipinski definition) is 0. The lowest BCUT2D eigenvalue weighted by molar-refractivity contribution is 1.43. The molecule has 58 valence electrons. The highest BCUT2D eigenvalue weighted by molar-refractivity contribution is 5.92. The molecule has 0 amide bonds. The number of rotatable bonds is 2. The van der Waals surface area contributed by atoms with Crippen LogP contribution in [0.5, 0.6) is 0 Å². The van der Waals surface area contributed by atoms with Gasteiger partial charge in [0.05, 0.1) is 0 Å². The lowest BCUT2D eigenvalue weighted by Gasteiger charge is -1.81. The molecule has 0 heterocycles. The van der Waals surface area contributed by atoms with Gasteiger partial charge < -0.3 is 0 Å². The van der Waals surface area contributed by atoms with Gasteiger partial charge in [0.1, 0.15) is 0 Å². The Hall–Kier alpha value is -0.850. The molecule has 0 rings (SSSR count). The van der Waals surface area contributed by atoms with E-state index in [1.807, 2.05) is 32.9 Å². The summed E-state index contributed by atoms with van der Waals surface area (Å²) in [5.74, 6) is 0. The van der Waals surface area contributed by atoms with E-state index in [-0.39, 0.29) is 0 Å². The van der Waals surface area contributed by atoms with Gasteiger partial charge in [0.15, 0.2) is 0 Å². The van der Waals surface area contributed by atoms with Crippen molar-refractivity contribution < 1.29 is 0 Å². The van der Waals surface area contributed by atoms with Gasteiger partial charge in [-0.05, 0) is 13.0 Å². The summed E-state index contributed by atoms with van der Waals surface area (Å²) in [5.41, 5.74) is 1.02. The predicted octanol–water partition coefficient (Wildman–Crippen LogP) is 2.85. The fraction of sp³-hybridized carbons (Fsp3) is 0.444. The average Bonchev–Trinajstić information content (AvgIpc) is 2.04. The van der Waals surface area contributed by atoms with E-state index >= 15 is 0 Å². The molecule has 10 heavy (non-hydrogen) atoms. The minimum atomic E-state index is 1.02. The monoisotopic (exact) mass is 139 g/mol. The molecule has 0 N–H and O–H groups in total. The maximum Gasteiger partial charge on any atom is 0.0313 e. The molecule has 0 bridgehead atoms. The number of hydrogen-bond acceptors (Lipinski definition) is 1. The zero-order valence-corrected chi connectivity index (χ0v) is 7.39. The van der Waals surface area contributed by atoms with Crippen LogP contribution in [0.3, 0.4) is 0 Å². The predicted molar refractivity (Wildman–Crippen MR) is 49.7 cm³/mol. The zero-order chi connectivity index (χ0) is 8.41. The van der Waals surface area contributed by atoms with Gasteiger partial charge in [-0.25, -0.2) is 0 Å². The molecule has 0 aliphatic carbocycles. The van der Waals surface area contributed by atoms with E-state index in [2.05, 4.69) is 11.6 Å². The van der Waals surface area contributed by atoms with Crippen LogP contribution in [0.2, 0.25) is 0 Å². The molecule has 0 aliphatic rings. The van der Waals surface area contributed by atoms with E-state index in [0.29, 0.717) is 0 Å². The lowest BCUT2D eigenvalue weighted by Crippen LogP contribution is -1.79. The van der Waals surface area contributed by atoms with Crippen LogP contribution in [0.15, 0.2) is 29.8 Å². The number of aliphatic imine (C=N–C) groups is 1. The van der Waals surface area contributed by atoms with Crippen molar-refractivity contribution in [3.63, 3.8) is 0 Å². The van der Waals surface area contributed by atoms with E-state index in [0.717, 1.165) is 5.71 Å². The van der Waals surface area contributed by atoms with Gasteiger partial charge in [-0.1, -0.05) is 32.6 Å². The van der Waals surface area contributed by atoms with Crippen molar-refractivity contribution in [3.05, 3.63) is 24.8 Å². The van der Waals surface area contributed by atoms with Gasteiger partial charge in [-0.2, -0.15) is 0 Å². The second-order valence-electron chi connectivity index (χ2n) is 1.46. The Morgan fingerprint density at radius 2 is 1.90 bits per heavy atom. The molecule has 0 saturated heterocycles. The molecular formula is C9H17N. The van der Waals surface area contributed by atoms with E-state index in [1.54, 1.807) is 13.1 Å². The quantitative estimate of drug-likeness (QED) is 0.412. The summed E-state index contributed by atoms with van der Waals surface area (Å²) in [5, 5.41) is 0. The molecule has 0 atom stereocenters. The van der Waals surface area contributed by atoms with Gasteiger partial charge >= 0.3 is 0 Å². The lowest BCUT2D eigenvalue weighted by atomic mass is 10.4. The smallest absolute Gasteiger partial charge is 0.0313 e. The fourth-order valence-electron chi connectivity index (χ4n) is 0.282. The van der Waals surface area contributed by atoms with Crippen molar-refractivity contribution in [1.82, 2.24) is 0 Å². The Labute approximate surface area is 64.2 Å². The first-order valence-corrected chi connectivity index (χ1v) is 3.53. The molecule has 0 aromatic rings. The summed E-state index contributed by atoms with van der Waals surface area (Å²) in [4.78, 5) is 3.91. The number of nitrogens with zero attached hydrogens (tertiary/aromatic N) is 1. The van der Waals surface area contributed by atoms with Crippen molar-refractivity contribution >= 4 is 5.71 Å². The molecule has 0 fully saturated rings. The minimum absolute atomic E-state index is 1.02. The topological polar surface area (TPSA) is 12.4 Å². The summed E-state index contributed by atoms with van der Waals surface area (Å²) in [6.07, 6.45) is 5.50. The van der Waals surface area contributed by atoms with Crippen LogP contribution in [0.4, 0.5) is 0 Å². The van der Waals surface area contributed by atoms with Crippen LogP contribution in [0.25, 0.3) is 0 Å². The van der Waals surface area contributed by atoms with Crippen LogP contribution >= 0.6 is 0 Å². The third kappa shape index (κ3) is 10.2. The van der Waals surface area contributed by atoms with E-state index in [9.17, 15) is 0 Å². The van der Waals surface area contributed by atoms with Crippen molar-refractivity contribution in [1.29, 1.82) is 0 Å². The zero-order valence-electron chi connectivity index (χ0n) is 7.39. The maximum absolute atomic E-state index is 3.91. The standard InChI is InChI=1S/C7H11N.C2H6/c1-4-5-6-7(2)8-3;1-2/h4-6H,1H2,2-3H3;1-2H3/b6-5-,8-7?;. The first-order chi connectivity index (χ1) is 4.81. The molecule has 0 unspecified atom stereocenters. The van der Waals surface area contributed by atoms with E-state index in [4.69, 9.17) is 0 Å². The highest BCUT2D eigenvalue weighted by Gasteiger charge is 1.72. The second kappa shape index (κ2) is 11.0. The van der Waals surface area contributed by atoms with Crippen LogP contribution in [0.1, 0.15) is 20.8 Å². The normalized spacial score (nSPS) is 10.6. The van der Waals surface area contributed by atoms with Gasteiger partial charge in [-0.15, -0.1) is 0 Å². The minimum Gasteiger partial charge on any atom is -0.293 e. The highest BCUT2D eigenvalue weighted by Crippen LogP contribution is 1.78. The van der Waals surface area contributed by atoms with Gasteiger partial charge in [0.25, 0.3) is 0 Å². The Kier molecular flexibility index (Phi) is 13.1. The first-order valence-electron chi connectivity index (χ1n) is 3.53. The van der Waals surface area contributed by atoms with Crippen LogP contribution in [0, 0.1) is 0 Å². The third-order valence-electron chi connectivity index (χ3n) is 0.826. The van der Waals surface area contributed by atoms with Crippen LogP contribution in [-0.4, -0.2) is 12.8 Å². The van der Waals surface area contributed by atoms with Crippen molar-refractivity contribution in [2.45, 2.75) is 20.8 Å². The highest BCUT2D eigenvalue weighted by atomic mass is 14.7. The second-order valence-corrected chi connectivity index (χ2v) is 1.46. The Morgan fingerprint density at radius 3 is 2.20 bits per heavy atom. The van der Waals surface area contributed by atoms with E-state index < -0.39 is 0 Å². The molecule has 0 aliphatic heterocycles. The Morgan fingerprint density at radius 1 is 1.40 bits per heavy atom. The summed E-state index contributed by atoms with van der Waals surface area (Å²) in [6, 6.07) is 0. The van der Waals surface area contributed by atoms with Gasteiger partial charge in [0.2, 0.25) is 0 Å². The van der Waals surface area contributed by atoms with Crippen molar-refractivity contribution in [3.8, 4) is 0 Å². The SMILES string of the molecule is C=C/C=C\C(C)=NC.CC. The molecular weight excluding hydrogens is 122 g/mol. The molecule has 1 nitrogen and oxygen atoms in total. The van der Waals surface area contributed by atoms with Gasteiger partial charge in [-0.3, -0.25) is 4.99 Å². The van der Waals surface area contributed by atoms with Gasteiger partial charge in [0, 0.05) is 12.8 Å². The summed E-state index contributed by atoms with van der Waals surface area (Å²) in [7, 11) is 1.77. The molecule has 1 heteroatoms. The van der Waals surface area contributed by atoms with E-state index in [1.165, 1.54) is 0 Å². The average molecular weight is 139 g/mol. The van der Waals surface area contributed by atoms with Crippen molar-refractivity contribution in [2.75, 3.05) is 7.05 Å². The summed E-state index contributed by atoms with van der Waals surface area (Å²) < 4.78 is 0. The Balaban J connectivity index is 0. The van der Waals surface area contributed by atoms with Crippen molar-refractivity contribution in [2.24, 2.45) is 4.99 Å². The molecule has 0 saturated carbocycles. The summed E-state index contributed by atoms with van der Waals surface area (Å²) in [6.45, 7) is 9.47.